The summed E-state index contributed by atoms with van der Waals surface area (Å²) in [6.45, 7) is 11.0. The summed E-state index contributed by atoms with van der Waals surface area (Å²) in [7, 11) is 0. The zero-order valence-corrected chi connectivity index (χ0v) is 19.8. The van der Waals surface area contributed by atoms with Gasteiger partial charge in [-0.15, -0.1) is 13.2 Å². The number of hydrogen-bond acceptors (Lipinski definition) is 3. The highest BCUT2D eigenvalue weighted by Crippen LogP contribution is 2.46. The number of halogens is 3. The molecule has 1 aliphatic rings. The van der Waals surface area contributed by atoms with Gasteiger partial charge < -0.3 is 14.6 Å². The molecule has 0 aliphatic heterocycles. The minimum absolute atomic E-state index is 0.118. The van der Waals surface area contributed by atoms with Crippen molar-refractivity contribution < 1.29 is 17.9 Å². The molecule has 1 fully saturated rings. The average Bonchev–Trinajstić information content (AvgIpc) is 3.02. The number of nitrogens with one attached hydrogen (secondary N) is 1. The number of benzene rings is 2. The Kier molecular flexibility index (Phi) is 6.10. The van der Waals surface area contributed by atoms with Crippen molar-refractivity contribution in [1.29, 1.82) is 0 Å². The van der Waals surface area contributed by atoms with Crippen LogP contribution < -0.4 is 10.1 Å². The Labute approximate surface area is 193 Å². The van der Waals surface area contributed by atoms with Crippen LogP contribution in [0.4, 0.5) is 24.8 Å². The summed E-state index contributed by atoms with van der Waals surface area (Å²) in [5, 5.41) is 3.42. The number of ether oxygens (including phenoxy) is 1. The van der Waals surface area contributed by atoms with E-state index >= 15 is 0 Å². The summed E-state index contributed by atoms with van der Waals surface area (Å²) in [6.07, 6.45) is -1.74. The average molecular weight is 460 g/mol. The Morgan fingerprint density at radius 2 is 1.79 bits per heavy atom. The summed E-state index contributed by atoms with van der Waals surface area (Å²) >= 11 is 0. The van der Waals surface area contributed by atoms with Crippen LogP contribution >= 0.6 is 0 Å². The van der Waals surface area contributed by atoms with Crippen molar-refractivity contribution in [3.05, 3.63) is 48.0 Å². The van der Waals surface area contributed by atoms with Crippen molar-refractivity contribution in [2.45, 2.75) is 72.2 Å². The molecule has 1 saturated carbocycles. The van der Waals surface area contributed by atoms with Gasteiger partial charge in [-0.2, -0.15) is 0 Å². The van der Waals surface area contributed by atoms with Crippen LogP contribution in [-0.2, 0) is 0 Å². The monoisotopic (exact) mass is 459 g/mol. The van der Waals surface area contributed by atoms with E-state index in [2.05, 4.69) is 61.4 Å². The van der Waals surface area contributed by atoms with E-state index in [-0.39, 0.29) is 17.2 Å². The molecule has 178 valence electrons. The lowest BCUT2D eigenvalue weighted by atomic mass is 9.70. The molecular weight excluding hydrogens is 427 g/mol. The number of anilines is 2. The molecule has 4 rings (SSSR count). The van der Waals surface area contributed by atoms with Crippen molar-refractivity contribution in [2.24, 2.45) is 11.3 Å². The topological polar surface area (TPSA) is 39.1 Å². The molecule has 1 aliphatic carbocycles. The van der Waals surface area contributed by atoms with Crippen LogP contribution in [0.15, 0.2) is 42.5 Å². The summed E-state index contributed by atoms with van der Waals surface area (Å²) in [5.74, 6) is 1.35. The Bertz CT molecular complexity index is 1120. The van der Waals surface area contributed by atoms with E-state index in [1.165, 1.54) is 17.7 Å². The second-order valence-corrected chi connectivity index (χ2v) is 10.5. The van der Waals surface area contributed by atoms with Gasteiger partial charge in [0.15, 0.2) is 0 Å². The van der Waals surface area contributed by atoms with E-state index < -0.39 is 6.36 Å². The fourth-order valence-corrected chi connectivity index (χ4v) is 5.30. The van der Waals surface area contributed by atoms with E-state index in [0.717, 1.165) is 24.9 Å². The molecule has 0 bridgehead atoms. The maximum absolute atomic E-state index is 12.9. The molecule has 2 aromatic carbocycles. The third kappa shape index (κ3) is 5.45. The van der Waals surface area contributed by atoms with Gasteiger partial charge in [-0.25, -0.2) is 4.98 Å². The van der Waals surface area contributed by atoms with Gasteiger partial charge in [0.1, 0.15) is 5.75 Å². The predicted octanol–water partition coefficient (Wildman–Crippen LogP) is 8.19. The van der Waals surface area contributed by atoms with Gasteiger partial charge in [-0.3, -0.25) is 0 Å². The summed E-state index contributed by atoms with van der Waals surface area (Å²) < 4.78 is 44.9. The number of hydrogen-bond donors (Lipinski definition) is 1. The molecule has 1 N–H and O–H groups in total. The van der Waals surface area contributed by atoms with Crippen molar-refractivity contribution in [3.63, 3.8) is 0 Å². The second-order valence-electron chi connectivity index (χ2n) is 10.5. The Morgan fingerprint density at radius 3 is 2.39 bits per heavy atom. The molecular formula is C26H32F3N3O. The Balaban J connectivity index is 1.78. The molecule has 0 radical (unpaired) electrons. The second kappa shape index (κ2) is 8.58. The molecule has 0 spiro atoms. The van der Waals surface area contributed by atoms with Gasteiger partial charge >= 0.3 is 6.36 Å². The molecule has 1 aromatic heterocycles. The van der Waals surface area contributed by atoms with Crippen LogP contribution in [0.2, 0.25) is 0 Å². The molecule has 7 heteroatoms. The normalized spacial score (nSPS) is 20.9. The van der Waals surface area contributed by atoms with Crippen LogP contribution in [0.25, 0.3) is 11.0 Å². The van der Waals surface area contributed by atoms with E-state index in [0.29, 0.717) is 28.8 Å². The number of rotatable bonds is 5. The minimum Gasteiger partial charge on any atom is -0.406 e. The lowest BCUT2D eigenvalue weighted by Crippen LogP contribution is -2.29. The van der Waals surface area contributed by atoms with Crippen LogP contribution in [0.1, 0.15) is 71.4 Å². The number of imidazole rings is 1. The van der Waals surface area contributed by atoms with Gasteiger partial charge in [-0.1, -0.05) is 46.8 Å². The molecule has 0 unspecified atom stereocenters. The SMILES string of the molecule is CC(C)c1ccc(Nc2nc3ccc(OC(F)(F)F)cc3n2[C@H]2C[C@@H](C)CC(C)(C)C2)cc1. The third-order valence-electron chi connectivity index (χ3n) is 6.46. The zero-order chi connectivity index (χ0) is 24.0. The molecule has 33 heavy (non-hydrogen) atoms. The van der Waals surface area contributed by atoms with E-state index in [1.54, 1.807) is 6.07 Å². The van der Waals surface area contributed by atoms with Gasteiger partial charge in [0.25, 0.3) is 0 Å². The molecule has 4 nitrogen and oxygen atoms in total. The van der Waals surface area contributed by atoms with Gasteiger partial charge in [-0.05, 0) is 66.3 Å². The standard InChI is InChI=1S/C26H32F3N3O/c1-16(2)18-6-8-19(9-7-18)30-24-31-22-11-10-21(33-26(27,28)29)13-23(22)32(24)20-12-17(3)14-25(4,5)15-20/h6-11,13,16-17,20H,12,14-15H2,1-5H3,(H,30,31)/t17-,20+/m1/s1. The quantitative estimate of drug-likeness (QED) is 0.418. The lowest BCUT2D eigenvalue weighted by Gasteiger charge is -2.40. The van der Waals surface area contributed by atoms with E-state index in [4.69, 9.17) is 4.98 Å². The highest BCUT2D eigenvalue weighted by Gasteiger charge is 2.35. The van der Waals surface area contributed by atoms with Crippen molar-refractivity contribution in [1.82, 2.24) is 9.55 Å². The Hall–Kier alpha value is -2.70. The summed E-state index contributed by atoms with van der Waals surface area (Å²) in [5.41, 5.74) is 3.56. The molecule has 0 saturated heterocycles. The van der Waals surface area contributed by atoms with Gasteiger partial charge in [0, 0.05) is 17.8 Å². The van der Waals surface area contributed by atoms with Crippen LogP contribution in [0, 0.1) is 11.3 Å². The smallest absolute Gasteiger partial charge is 0.406 e. The van der Waals surface area contributed by atoms with Crippen LogP contribution in [0.5, 0.6) is 5.75 Å². The number of nitrogens with zero attached hydrogens (tertiary/aromatic N) is 2. The van der Waals surface area contributed by atoms with Gasteiger partial charge in [0.2, 0.25) is 5.95 Å². The van der Waals surface area contributed by atoms with E-state index in [1.807, 2.05) is 12.1 Å². The van der Waals surface area contributed by atoms with Gasteiger partial charge in [0.05, 0.1) is 11.0 Å². The first-order valence-corrected chi connectivity index (χ1v) is 11.5. The molecule has 0 amide bonds. The van der Waals surface area contributed by atoms with Crippen molar-refractivity contribution in [3.8, 4) is 5.75 Å². The minimum atomic E-state index is -4.74. The largest absolute Gasteiger partial charge is 0.573 e. The molecule has 3 aromatic rings. The maximum atomic E-state index is 12.9. The van der Waals surface area contributed by atoms with Crippen molar-refractivity contribution in [2.75, 3.05) is 5.32 Å². The highest BCUT2D eigenvalue weighted by molar-refractivity contribution is 5.81. The van der Waals surface area contributed by atoms with Crippen LogP contribution in [-0.4, -0.2) is 15.9 Å². The van der Waals surface area contributed by atoms with Crippen molar-refractivity contribution >= 4 is 22.7 Å². The number of fused-ring (bicyclic) bond motifs is 1. The Morgan fingerprint density at radius 1 is 1.09 bits per heavy atom. The zero-order valence-electron chi connectivity index (χ0n) is 19.8. The molecule has 2 atom stereocenters. The fraction of sp³-hybridized carbons (Fsp3) is 0.500. The highest BCUT2D eigenvalue weighted by atomic mass is 19.4. The third-order valence-corrected chi connectivity index (χ3v) is 6.46. The number of aromatic nitrogens is 2. The number of alkyl halides is 3. The first-order chi connectivity index (χ1) is 15.4. The molecule has 1 heterocycles. The lowest BCUT2D eigenvalue weighted by molar-refractivity contribution is -0.274. The van der Waals surface area contributed by atoms with E-state index in [9.17, 15) is 13.2 Å². The summed E-state index contributed by atoms with van der Waals surface area (Å²) in [4.78, 5) is 4.77. The van der Waals surface area contributed by atoms with Crippen LogP contribution in [0.3, 0.4) is 0 Å². The summed E-state index contributed by atoms with van der Waals surface area (Å²) in [6, 6.07) is 12.7. The maximum Gasteiger partial charge on any atom is 0.573 e. The first kappa shape index (κ1) is 23.5. The fourth-order valence-electron chi connectivity index (χ4n) is 5.30. The predicted molar refractivity (Wildman–Crippen MR) is 126 cm³/mol. The first-order valence-electron chi connectivity index (χ1n) is 11.5.